The quantitative estimate of drug-likeness (QED) is 0.512. The zero-order valence-electron chi connectivity index (χ0n) is 14.7. The van der Waals surface area contributed by atoms with E-state index in [9.17, 15) is 4.79 Å². The molecule has 132 valence electrons. The second kappa shape index (κ2) is 5.29. The topological polar surface area (TPSA) is 128 Å². The van der Waals surface area contributed by atoms with Gasteiger partial charge in [-0.15, -0.1) is 0 Å². The molecule has 3 aromatic heterocycles. The van der Waals surface area contributed by atoms with Crippen LogP contribution in [0, 0.1) is 0 Å². The van der Waals surface area contributed by atoms with Crippen LogP contribution >= 0.6 is 0 Å². The van der Waals surface area contributed by atoms with Gasteiger partial charge in [0.1, 0.15) is 23.5 Å². The number of nitrogens with two attached hydrogens (primary N) is 2. The lowest BCUT2D eigenvalue weighted by atomic mass is 10.1. The van der Waals surface area contributed by atoms with Crippen molar-refractivity contribution in [3.05, 3.63) is 36.3 Å². The fourth-order valence-corrected chi connectivity index (χ4v) is 3.05. The van der Waals surface area contributed by atoms with Gasteiger partial charge in [-0.2, -0.15) is 5.10 Å². The molecule has 0 aliphatic rings. The second-order valence-electron chi connectivity index (χ2n) is 7.24. The number of carbonyl (C=O) groups is 1. The lowest BCUT2D eigenvalue weighted by Crippen LogP contribution is -2.23. The van der Waals surface area contributed by atoms with Crippen molar-refractivity contribution in [2.75, 3.05) is 5.73 Å². The maximum absolute atomic E-state index is 11.4. The molecule has 0 saturated heterocycles. The van der Waals surface area contributed by atoms with Crippen LogP contribution in [0.25, 0.3) is 33.2 Å². The molecule has 0 bridgehead atoms. The minimum atomic E-state index is -0.497. The van der Waals surface area contributed by atoms with Crippen molar-refractivity contribution in [3.63, 3.8) is 0 Å². The van der Waals surface area contributed by atoms with Crippen LogP contribution in [0.2, 0.25) is 0 Å². The summed E-state index contributed by atoms with van der Waals surface area (Å²) in [6.45, 7) is 6.15. The maximum Gasteiger partial charge on any atom is 0.265 e. The summed E-state index contributed by atoms with van der Waals surface area (Å²) in [5.74, 6) is -0.118. The first-order valence-electron chi connectivity index (χ1n) is 8.18. The summed E-state index contributed by atoms with van der Waals surface area (Å²) in [5.41, 5.74) is 14.6. The average molecular weight is 349 g/mol. The molecule has 0 atom stereocenters. The minimum absolute atomic E-state index is 0.271. The van der Waals surface area contributed by atoms with Crippen molar-refractivity contribution in [2.45, 2.75) is 26.3 Å². The molecule has 0 saturated carbocycles. The Hall–Kier alpha value is -3.42. The molecular formula is C18H19N7O. The number of benzene rings is 1. The summed E-state index contributed by atoms with van der Waals surface area (Å²) in [5, 5.41) is 6.38. The van der Waals surface area contributed by atoms with E-state index in [-0.39, 0.29) is 5.54 Å². The molecular weight excluding hydrogens is 330 g/mol. The van der Waals surface area contributed by atoms with Gasteiger partial charge in [0.2, 0.25) is 0 Å². The van der Waals surface area contributed by atoms with Crippen molar-refractivity contribution in [1.82, 2.24) is 24.7 Å². The fourth-order valence-electron chi connectivity index (χ4n) is 3.05. The molecule has 0 spiro atoms. The van der Waals surface area contributed by atoms with Gasteiger partial charge in [0.05, 0.1) is 10.9 Å². The highest BCUT2D eigenvalue weighted by atomic mass is 16.1. The number of carbonyl (C=O) groups excluding carboxylic acids is 1. The van der Waals surface area contributed by atoms with Gasteiger partial charge in [-0.1, -0.05) is 12.1 Å². The van der Waals surface area contributed by atoms with Crippen LogP contribution in [0.1, 0.15) is 31.3 Å². The van der Waals surface area contributed by atoms with E-state index in [1.807, 2.05) is 22.9 Å². The van der Waals surface area contributed by atoms with E-state index >= 15 is 0 Å². The molecule has 0 fully saturated rings. The minimum Gasteiger partial charge on any atom is -0.383 e. The van der Waals surface area contributed by atoms with Crippen LogP contribution in [0.15, 0.2) is 30.6 Å². The Morgan fingerprint density at radius 3 is 2.65 bits per heavy atom. The van der Waals surface area contributed by atoms with E-state index in [0.717, 1.165) is 16.5 Å². The van der Waals surface area contributed by atoms with Crippen LogP contribution < -0.4 is 11.5 Å². The standard InChI is InChI=1S/C18H19N7O/c1-18(2,3)25-17-13(15(19)21-8-22-17)14(24-25)10-5-4-9-6-12(16(20)26)23-11(9)7-10/h4-8,23H,1-3H3,(H2,20,26)(H2,19,21,22). The number of H-pyrrole nitrogens is 1. The number of amides is 1. The Morgan fingerprint density at radius 1 is 1.19 bits per heavy atom. The van der Waals surface area contributed by atoms with Gasteiger partial charge in [0, 0.05) is 16.5 Å². The normalized spacial score (nSPS) is 12.1. The molecule has 26 heavy (non-hydrogen) atoms. The monoisotopic (exact) mass is 349 g/mol. The van der Waals surface area contributed by atoms with Crippen LogP contribution in [-0.2, 0) is 5.54 Å². The highest BCUT2D eigenvalue weighted by Gasteiger charge is 2.24. The van der Waals surface area contributed by atoms with E-state index in [0.29, 0.717) is 28.2 Å². The van der Waals surface area contributed by atoms with E-state index in [1.165, 1.54) is 6.33 Å². The van der Waals surface area contributed by atoms with Crippen LogP contribution in [0.4, 0.5) is 5.82 Å². The van der Waals surface area contributed by atoms with Gasteiger partial charge < -0.3 is 16.5 Å². The van der Waals surface area contributed by atoms with E-state index in [4.69, 9.17) is 16.6 Å². The van der Waals surface area contributed by atoms with E-state index in [2.05, 4.69) is 35.7 Å². The average Bonchev–Trinajstić information content (AvgIpc) is 3.16. The summed E-state index contributed by atoms with van der Waals surface area (Å²) in [6.07, 6.45) is 1.44. The molecule has 8 heteroatoms. The zero-order valence-corrected chi connectivity index (χ0v) is 14.7. The Bertz CT molecular complexity index is 1160. The zero-order chi connectivity index (χ0) is 18.6. The molecule has 5 N–H and O–H groups in total. The van der Waals surface area contributed by atoms with Crippen molar-refractivity contribution in [3.8, 4) is 11.3 Å². The summed E-state index contributed by atoms with van der Waals surface area (Å²) in [6, 6.07) is 7.49. The van der Waals surface area contributed by atoms with Crippen molar-refractivity contribution in [1.29, 1.82) is 0 Å². The second-order valence-corrected chi connectivity index (χ2v) is 7.24. The number of rotatable bonds is 2. The van der Waals surface area contributed by atoms with Crippen LogP contribution in [0.3, 0.4) is 0 Å². The number of primary amides is 1. The molecule has 8 nitrogen and oxygen atoms in total. The number of aromatic nitrogens is 5. The predicted molar refractivity (Wildman–Crippen MR) is 101 cm³/mol. The Balaban J connectivity index is 1.99. The lowest BCUT2D eigenvalue weighted by Gasteiger charge is -2.19. The lowest BCUT2D eigenvalue weighted by molar-refractivity contribution is 0.0996. The van der Waals surface area contributed by atoms with Crippen molar-refractivity contribution < 1.29 is 4.79 Å². The summed E-state index contributed by atoms with van der Waals surface area (Å²) < 4.78 is 1.85. The maximum atomic E-state index is 11.4. The summed E-state index contributed by atoms with van der Waals surface area (Å²) in [7, 11) is 0. The third-order valence-electron chi connectivity index (χ3n) is 4.29. The third-order valence-corrected chi connectivity index (χ3v) is 4.29. The molecule has 4 rings (SSSR count). The highest BCUT2D eigenvalue weighted by molar-refractivity contribution is 6.01. The summed E-state index contributed by atoms with van der Waals surface area (Å²) >= 11 is 0. The predicted octanol–water partition coefficient (Wildman–Crippen LogP) is 2.41. The molecule has 1 aromatic carbocycles. The van der Waals surface area contributed by atoms with Gasteiger partial charge in [-0.25, -0.2) is 14.6 Å². The Labute approximate surface area is 149 Å². The van der Waals surface area contributed by atoms with Gasteiger partial charge in [0.25, 0.3) is 5.91 Å². The SMILES string of the molecule is CC(C)(C)n1nc(-c2ccc3cc(C(N)=O)[nH]c3c2)c2c(N)ncnc21. The van der Waals surface area contributed by atoms with Gasteiger partial charge in [-0.3, -0.25) is 4.79 Å². The molecule has 1 amide bonds. The number of nitrogens with zero attached hydrogens (tertiary/aromatic N) is 4. The van der Waals surface area contributed by atoms with Crippen LogP contribution in [0.5, 0.6) is 0 Å². The van der Waals surface area contributed by atoms with Crippen molar-refractivity contribution >= 4 is 33.7 Å². The van der Waals surface area contributed by atoms with Gasteiger partial charge in [0.15, 0.2) is 5.65 Å². The number of aromatic amines is 1. The number of hydrogen-bond acceptors (Lipinski definition) is 5. The number of hydrogen-bond donors (Lipinski definition) is 3. The third kappa shape index (κ3) is 2.38. The fraction of sp³-hybridized carbons (Fsp3) is 0.222. The first-order chi connectivity index (χ1) is 12.3. The number of fused-ring (bicyclic) bond motifs is 2. The first-order valence-corrected chi connectivity index (χ1v) is 8.18. The summed E-state index contributed by atoms with van der Waals surface area (Å²) in [4.78, 5) is 22.9. The number of nitrogens with one attached hydrogen (secondary N) is 1. The largest absolute Gasteiger partial charge is 0.383 e. The molecule has 3 heterocycles. The highest BCUT2D eigenvalue weighted by Crippen LogP contribution is 2.34. The van der Waals surface area contributed by atoms with Gasteiger partial charge in [-0.05, 0) is 32.9 Å². The molecule has 0 unspecified atom stereocenters. The Morgan fingerprint density at radius 2 is 1.96 bits per heavy atom. The van der Waals surface area contributed by atoms with E-state index < -0.39 is 5.91 Å². The number of nitrogen functional groups attached to an aromatic ring is 1. The molecule has 0 aliphatic heterocycles. The smallest absolute Gasteiger partial charge is 0.265 e. The van der Waals surface area contributed by atoms with Gasteiger partial charge >= 0.3 is 0 Å². The first kappa shape index (κ1) is 16.1. The van der Waals surface area contributed by atoms with Crippen molar-refractivity contribution in [2.24, 2.45) is 5.73 Å². The number of anilines is 1. The van der Waals surface area contributed by atoms with E-state index in [1.54, 1.807) is 6.07 Å². The molecule has 0 radical (unpaired) electrons. The molecule has 0 aliphatic carbocycles. The van der Waals surface area contributed by atoms with Crippen LogP contribution in [-0.4, -0.2) is 30.6 Å². The molecule has 4 aromatic rings. The Kier molecular flexibility index (Phi) is 3.27.